The summed E-state index contributed by atoms with van der Waals surface area (Å²) in [6, 6.07) is 15.3. The molecule has 1 atom stereocenters. The van der Waals surface area contributed by atoms with Crippen LogP contribution in [0, 0.1) is 0 Å². The number of carbonyl (C=O) groups excluding carboxylic acids is 1. The molecule has 1 unspecified atom stereocenters. The number of halogens is 1. The molecule has 1 amide bonds. The Bertz CT molecular complexity index is 893. The van der Waals surface area contributed by atoms with Crippen LogP contribution in [0.4, 0.5) is 0 Å². The average Bonchev–Trinajstić information content (AvgIpc) is 2.93. The van der Waals surface area contributed by atoms with E-state index in [1.165, 1.54) is 0 Å². The Morgan fingerprint density at radius 1 is 1.24 bits per heavy atom. The number of carbonyl (C=O) groups is 1. The van der Waals surface area contributed by atoms with Gasteiger partial charge in [0, 0.05) is 5.02 Å². The number of nitrogens with zero attached hydrogens (tertiary/aromatic N) is 2. The number of para-hydroxylation sites is 2. The molecule has 0 saturated carbocycles. The number of thioether (sulfide) groups is 1. The quantitative estimate of drug-likeness (QED) is 0.695. The highest BCUT2D eigenvalue weighted by molar-refractivity contribution is 7.97. The Labute approximate surface area is 156 Å². The molecule has 2 aromatic carbocycles. The molecule has 3 aromatic rings. The van der Waals surface area contributed by atoms with Crippen LogP contribution in [0.5, 0.6) is 0 Å². The minimum atomic E-state index is -0.153. The maximum Gasteiger partial charge on any atom is 0.240 e. The van der Waals surface area contributed by atoms with Gasteiger partial charge in [0.2, 0.25) is 5.91 Å². The smallest absolute Gasteiger partial charge is 0.240 e. The van der Waals surface area contributed by atoms with E-state index in [0.29, 0.717) is 5.02 Å². The van der Waals surface area contributed by atoms with Crippen molar-refractivity contribution in [2.45, 2.75) is 25.3 Å². The fourth-order valence-electron chi connectivity index (χ4n) is 2.88. The molecule has 0 aliphatic heterocycles. The van der Waals surface area contributed by atoms with Gasteiger partial charge in [0.25, 0.3) is 0 Å². The first-order valence-corrected chi connectivity index (χ1v) is 9.84. The fourth-order valence-corrected chi connectivity index (χ4v) is 3.65. The first-order chi connectivity index (χ1) is 12.1. The lowest BCUT2D eigenvalue weighted by Crippen LogP contribution is -2.30. The molecule has 6 heteroatoms. The third kappa shape index (κ3) is 3.99. The predicted molar refractivity (Wildman–Crippen MR) is 105 cm³/mol. The Kier molecular flexibility index (Phi) is 5.66. The summed E-state index contributed by atoms with van der Waals surface area (Å²) in [5.41, 5.74) is 2.81. The molecule has 0 bridgehead atoms. The van der Waals surface area contributed by atoms with Crippen molar-refractivity contribution in [2.24, 2.45) is 0 Å². The highest BCUT2D eigenvalue weighted by atomic mass is 35.5. The van der Waals surface area contributed by atoms with E-state index in [9.17, 15) is 4.79 Å². The van der Waals surface area contributed by atoms with Crippen molar-refractivity contribution in [1.29, 1.82) is 0 Å². The number of aromatic nitrogens is 2. The number of nitrogens with one attached hydrogen (secondary N) is 1. The predicted octanol–water partition coefficient (Wildman–Crippen LogP) is 4.43. The van der Waals surface area contributed by atoms with Crippen molar-refractivity contribution in [1.82, 2.24) is 14.9 Å². The number of imidazole rings is 1. The summed E-state index contributed by atoms with van der Waals surface area (Å²) in [6.07, 6.45) is 2.03. The maximum atomic E-state index is 12.6. The van der Waals surface area contributed by atoms with Crippen LogP contribution in [0.15, 0.2) is 48.5 Å². The third-order valence-electron chi connectivity index (χ3n) is 4.06. The first-order valence-electron chi connectivity index (χ1n) is 8.07. The van der Waals surface area contributed by atoms with Gasteiger partial charge in [0.15, 0.2) is 0 Å². The standard InChI is InChI=1S/C19H20ClN3OS/c1-13(14-7-3-4-8-15(14)20)21-19(24)11-23-17-10-6-5-9-16(17)22-18(23)12-25-2/h3-10,13H,11-12H2,1-2H3,(H,21,24). The topological polar surface area (TPSA) is 46.9 Å². The summed E-state index contributed by atoms with van der Waals surface area (Å²) in [6.45, 7) is 2.18. The first kappa shape index (κ1) is 17.8. The van der Waals surface area contributed by atoms with E-state index in [0.717, 1.165) is 28.2 Å². The van der Waals surface area contributed by atoms with E-state index in [2.05, 4.69) is 10.3 Å². The van der Waals surface area contributed by atoms with Crippen LogP contribution in [-0.4, -0.2) is 21.7 Å². The molecule has 3 rings (SSSR count). The number of hydrogen-bond donors (Lipinski definition) is 1. The zero-order chi connectivity index (χ0) is 17.8. The summed E-state index contributed by atoms with van der Waals surface area (Å²) >= 11 is 7.91. The Hall–Kier alpha value is -1.98. The number of hydrogen-bond acceptors (Lipinski definition) is 3. The second-order valence-electron chi connectivity index (χ2n) is 5.85. The van der Waals surface area contributed by atoms with Crippen molar-refractivity contribution in [3.63, 3.8) is 0 Å². The molecule has 4 nitrogen and oxygen atoms in total. The molecule has 0 radical (unpaired) electrons. The van der Waals surface area contributed by atoms with E-state index in [4.69, 9.17) is 11.6 Å². The molecule has 0 aliphatic carbocycles. The lowest BCUT2D eigenvalue weighted by atomic mass is 10.1. The van der Waals surface area contributed by atoms with Crippen LogP contribution in [0.25, 0.3) is 11.0 Å². The molecule has 1 N–H and O–H groups in total. The second-order valence-corrected chi connectivity index (χ2v) is 7.12. The lowest BCUT2D eigenvalue weighted by Gasteiger charge is -2.16. The zero-order valence-corrected chi connectivity index (χ0v) is 15.8. The van der Waals surface area contributed by atoms with Crippen molar-refractivity contribution in [3.05, 3.63) is 64.9 Å². The number of fused-ring (bicyclic) bond motifs is 1. The monoisotopic (exact) mass is 373 g/mol. The number of amides is 1. The highest BCUT2D eigenvalue weighted by Crippen LogP contribution is 2.23. The van der Waals surface area contributed by atoms with Crippen molar-refractivity contribution >= 4 is 40.3 Å². The molecule has 0 spiro atoms. The molecule has 1 heterocycles. The lowest BCUT2D eigenvalue weighted by molar-refractivity contribution is -0.122. The normalized spacial score (nSPS) is 12.3. The van der Waals surface area contributed by atoms with Gasteiger partial charge >= 0.3 is 0 Å². The van der Waals surface area contributed by atoms with Crippen LogP contribution >= 0.6 is 23.4 Å². The third-order valence-corrected chi connectivity index (χ3v) is 4.95. The van der Waals surface area contributed by atoms with Gasteiger partial charge in [-0.25, -0.2) is 4.98 Å². The summed E-state index contributed by atoms with van der Waals surface area (Å²) in [5.74, 6) is 1.62. The number of rotatable bonds is 6. The highest BCUT2D eigenvalue weighted by Gasteiger charge is 2.16. The Morgan fingerprint density at radius 2 is 1.96 bits per heavy atom. The summed E-state index contributed by atoms with van der Waals surface area (Å²) < 4.78 is 1.99. The van der Waals surface area contributed by atoms with Gasteiger partial charge in [0.1, 0.15) is 12.4 Å². The summed E-state index contributed by atoms with van der Waals surface area (Å²) in [4.78, 5) is 17.2. The maximum absolute atomic E-state index is 12.6. The number of benzene rings is 2. The van der Waals surface area contributed by atoms with E-state index in [1.807, 2.05) is 66.3 Å². The van der Waals surface area contributed by atoms with Crippen LogP contribution in [-0.2, 0) is 17.1 Å². The minimum Gasteiger partial charge on any atom is -0.348 e. The second kappa shape index (κ2) is 7.93. The molecular weight excluding hydrogens is 354 g/mol. The van der Waals surface area contributed by atoms with Gasteiger partial charge in [0.05, 0.1) is 22.8 Å². The van der Waals surface area contributed by atoms with Crippen molar-refractivity contribution < 1.29 is 4.79 Å². The van der Waals surface area contributed by atoms with Crippen LogP contribution in [0.3, 0.4) is 0 Å². The summed E-state index contributed by atoms with van der Waals surface area (Å²) in [5, 5.41) is 3.69. The van der Waals surface area contributed by atoms with Gasteiger partial charge in [-0.1, -0.05) is 41.9 Å². The molecule has 25 heavy (non-hydrogen) atoms. The summed E-state index contributed by atoms with van der Waals surface area (Å²) in [7, 11) is 0. The van der Waals surface area contributed by atoms with Crippen LogP contribution in [0.2, 0.25) is 5.02 Å². The molecule has 1 aromatic heterocycles. The molecule has 0 fully saturated rings. The van der Waals surface area contributed by atoms with Gasteiger partial charge in [-0.15, -0.1) is 0 Å². The van der Waals surface area contributed by atoms with E-state index >= 15 is 0 Å². The van der Waals surface area contributed by atoms with Crippen molar-refractivity contribution in [3.8, 4) is 0 Å². The Balaban J connectivity index is 1.80. The SMILES string of the molecule is CSCc1nc2ccccc2n1CC(=O)NC(C)c1ccccc1Cl. The molecule has 130 valence electrons. The average molecular weight is 374 g/mol. The van der Waals surface area contributed by atoms with Crippen molar-refractivity contribution in [2.75, 3.05) is 6.26 Å². The Morgan fingerprint density at radius 3 is 2.72 bits per heavy atom. The van der Waals surface area contributed by atoms with Gasteiger partial charge < -0.3 is 9.88 Å². The largest absolute Gasteiger partial charge is 0.348 e. The van der Waals surface area contributed by atoms with Crippen LogP contribution < -0.4 is 5.32 Å². The molecule has 0 saturated heterocycles. The van der Waals surface area contributed by atoms with Gasteiger partial charge in [-0.05, 0) is 36.9 Å². The minimum absolute atomic E-state index is 0.0575. The van der Waals surface area contributed by atoms with Crippen LogP contribution in [0.1, 0.15) is 24.4 Å². The van der Waals surface area contributed by atoms with E-state index in [-0.39, 0.29) is 18.5 Å². The molecule has 0 aliphatic rings. The van der Waals surface area contributed by atoms with Gasteiger partial charge in [-0.2, -0.15) is 11.8 Å². The van der Waals surface area contributed by atoms with E-state index < -0.39 is 0 Å². The van der Waals surface area contributed by atoms with E-state index in [1.54, 1.807) is 11.8 Å². The fraction of sp³-hybridized carbons (Fsp3) is 0.263. The van der Waals surface area contributed by atoms with Gasteiger partial charge in [-0.3, -0.25) is 4.79 Å². The molecular formula is C19H20ClN3OS. The zero-order valence-electron chi connectivity index (χ0n) is 14.2.